The summed E-state index contributed by atoms with van der Waals surface area (Å²) in [5.74, 6) is 0.219. The van der Waals surface area contributed by atoms with Crippen molar-refractivity contribution in [3.63, 3.8) is 0 Å². The van der Waals surface area contributed by atoms with E-state index in [-0.39, 0.29) is 19.6 Å². The van der Waals surface area contributed by atoms with Crippen molar-refractivity contribution < 1.29 is 28.5 Å². The van der Waals surface area contributed by atoms with E-state index in [0.717, 1.165) is 5.56 Å². The lowest BCUT2D eigenvalue weighted by Crippen LogP contribution is -2.40. The molecule has 0 radical (unpaired) electrons. The van der Waals surface area contributed by atoms with E-state index < -0.39 is 23.5 Å². The number of rotatable bonds is 8. The normalized spacial score (nSPS) is 15.1. The molecule has 8 heteroatoms. The third-order valence-electron chi connectivity index (χ3n) is 3.75. The van der Waals surface area contributed by atoms with Crippen LogP contribution in [0.4, 0.5) is 0 Å². The van der Waals surface area contributed by atoms with E-state index in [0.29, 0.717) is 30.3 Å². The highest BCUT2D eigenvalue weighted by Gasteiger charge is 2.22. The number of hydrogen-bond acceptors (Lipinski definition) is 7. The Labute approximate surface area is 164 Å². The zero-order chi connectivity index (χ0) is 20.7. The van der Waals surface area contributed by atoms with Crippen molar-refractivity contribution in [3.8, 4) is 11.5 Å². The minimum Gasteiger partial charge on any atom is -0.486 e. The second-order valence-corrected chi connectivity index (χ2v) is 7.40. The van der Waals surface area contributed by atoms with Gasteiger partial charge in [0.2, 0.25) is 5.91 Å². The first-order valence-electron chi connectivity index (χ1n) is 9.12. The van der Waals surface area contributed by atoms with Crippen molar-refractivity contribution in [1.29, 1.82) is 0 Å². The Morgan fingerprint density at radius 3 is 2.54 bits per heavy atom. The number of carbonyl (C=O) groups is 2. The van der Waals surface area contributed by atoms with Crippen molar-refractivity contribution in [2.75, 3.05) is 26.4 Å². The SMILES string of the molecule is CC(C)(C)OC(=O)C(N)COCC/C(=C\c1ccc2c(c1)OCCO2)C(N)=O. The maximum absolute atomic E-state index is 11.8. The number of esters is 1. The third kappa shape index (κ3) is 6.86. The highest BCUT2D eigenvalue weighted by atomic mass is 16.6. The summed E-state index contributed by atoms with van der Waals surface area (Å²) >= 11 is 0. The molecule has 1 aromatic carbocycles. The molecule has 0 fully saturated rings. The van der Waals surface area contributed by atoms with E-state index in [1.165, 1.54) is 0 Å². The van der Waals surface area contributed by atoms with Crippen molar-refractivity contribution in [3.05, 3.63) is 29.3 Å². The molecule has 154 valence electrons. The van der Waals surface area contributed by atoms with Crippen LogP contribution >= 0.6 is 0 Å². The smallest absolute Gasteiger partial charge is 0.325 e. The van der Waals surface area contributed by atoms with Gasteiger partial charge in [-0.15, -0.1) is 0 Å². The topological polar surface area (TPSA) is 123 Å². The van der Waals surface area contributed by atoms with Crippen LogP contribution in [0.2, 0.25) is 0 Å². The van der Waals surface area contributed by atoms with E-state index in [9.17, 15) is 9.59 Å². The maximum atomic E-state index is 11.8. The fraction of sp³-hybridized carbons (Fsp3) is 0.500. The number of primary amides is 1. The Kier molecular flexibility index (Phi) is 7.42. The summed E-state index contributed by atoms with van der Waals surface area (Å²) in [5, 5.41) is 0. The van der Waals surface area contributed by atoms with Gasteiger partial charge in [-0.1, -0.05) is 6.07 Å². The first-order chi connectivity index (χ1) is 13.2. The van der Waals surface area contributed by atoms with Gasteiger partial charge in [0.05, 0.1) is 13.2 Å². The van der Waals surface area contributed by atoms with E-state index >= 15 is 0 Å². The van der Waals surface area contributed by atoms with Crippen LogP contribution in [0.3, 0.4) is 0 Å². The molecule has 4 N–H and O–H groups in total. The van der Waals surface area contributed by atoms with Crippen molar-refractivity contribution in [2.24, 2.45) is 11.5 Å². The standard InChI is InChI=1S/C20H28N2O6/c1-20(2,3)28-19(24)15(21)12-25-7-6-14(18(22)23)10-13-4-5-16-17(11-13)27-9-8-26-16/h4-5,10-11,15H,6-9,12,21H2,1-3H3,(H2,22,23)/b14-10+. The lowest BCUT2D eigenvalue weighted by atomic mass is 10.1. The molecule has 2 rings (SSSR count). The summed E-state index contributed by atoms with van der Waals surface area (Å²) in [6.07, 6.45) is 1.96. The number of hydrogen-bond donors (Lipinski definition) is 2. The summed E-state index contributed by atoms with van der Waals surface area (Å²) in [6, 6.07) is 4.50. The first kappa shape index (κ1) is 21.7. The number of fused-ring (bicyclic) bond motifs is 1. The van der Waals surface area contributed by atoms with Crippen LogP contribution in [0.25, 0.3) is 6.08 Å². The van der Waals surface area contributed by atoms with Crippen molar-refractivity contribution in [1.82, 2.24) is 0 Å². The van der Waals surface area contributed by atoms with E-state index in [1.807, 2.05) is 6.07 Å². The lowest BCUT2D eigenvalue weighted by molar-refractivity contribution is -0.158. The highest BCUT2D eigenvalue weighted by Crippen LogP contribution is 2.31. The molecule has 0 bridgehead atoms. The van der Waals surface area contributed by atoms with Gasteiger partial charge >= 0.3 is 5.97 Å². The quantitative estimate of drug-likeness (QED) is 0.389. The van der Waals surface area contributed by atoms with E-state index in [1.54, 1.807) is 39.0 Å². The molecular weight excluding hydrogens is 364 g/mol. The fourth-order valence-corrected chi connectivity index (χ4v) is 2.46. The average molecular weight is 392 g/mol. The van der Waals surface area contributed by atoms with Gasteiger partial charge in [0.1, 0.15) is 24.9 Å². The number of benzene rings is 1. The monoisotopic (exact) mass is 392 g/mol. The Morgan fingerprint density at radius 1 is 1.21 bits per heavy atom. The van der Waals surface area contributed by atoms with E-state index in [4.69, 9.17) is 30.4 Å². The van der Waals surface area contributed by atoms with Crippen LogP contribution in [0.5, 0.6) is 11.5 Å². The molecule has 1 aliphatic heterocycles. The molecule has 0 saturated carbocycles. The van der Waals surface area contributed by atoms with Crippen LogP contribution in [0.1, 0.15) is 32.8 Å². The highest BCUT2D eigenvalue weighted by molar-refractivity contribution is 5.96. The molecule has 1 amide bonds. The second-order valence-electron chi connectivity index (χ2n) is 7.40. The lowest BCUT2D eigenvalue weighted by Gasteiger charge is -2.22. The Morgan fingerprint density at radius 2 is 1.89 bits per heavy atom. The zero-order valence-electron chi connectivity index (χ0n) is 16.5. The van der Waals surface area contributed by atoms with Crippen molar-refractivity contribution in [2.45, 2.75) is 38.8 Å². The predicted molar refractivity (Wildman–Crippen MR) is 104 cm³/mol. The molecule has 28 heavy (non-hydrogen) atoms. The molecule has 8 nitrogen and oxygen atoms in total. The molecule has 0 aliphatic carbocycles. The van der Waals surface area contributed by atoms with Gasteiger partial charge < -0.3 is 30.4 Å². The van der Waals surface area contributed by atoms with Crippen LogP contribution in [-0.2, 0) is 19.1 Å². The van der Waals surface area contributed by atoms with Crippen LogP contribution in [0, 0.1) is 0 Å². The Hall–Kier alpha value is -2.58. The summed E-state index contributed by atoms with van der Waals surface area (Å²) in [5.41, 5.74) is 11.8. The molecule has 0 spiro atoms. The number of ether oxygens (including phenoxy) is 4. The minimum atomic E-state index is -0.891. The van der Waals surface area contributed by atoms with Gasteiger partial charge in [0.25, 0.3) is 0 Å². The van der Waals surface area contributed by atoms with Crippen LogP contribution < -0.4 is 20.9 Å². The molecule has 1 aromatic rings. The summed E-state index contributed by atoms with van der Waals surface area (Å²) in [6.45, 7) is 6.47. The van der Waals surface area contributed by atoms with E-state index in [2.05, 4.69) is 0 Å². The molecule has 0 saturated heterocycles. The van der Waals surface area contributed by atoms with Gasteiger partial charge in [-0.2, -0.15) is 0 Å². The van der Waals surface area contributed by atoms with Gasteiger partial charge in [0.15, 0.2) is 11.5 Å². The van der Waals surface area contributed by atoms with Crippen LogP contribution in [-0.4, -0.2) is 49.9 Å². The maximum Gasteiger partial charge on any atom is 0.325 e. The van der Waals surface area contributed by atoms with Gasteiger partial charge in [0, 0.05) is 12.0 Å². The van der Waals surface area contributed by atoms with Gasteiger partial charge in [-0.05, 0) is 44.5 Å². The van der Waals surface area contributed by atoms with Gasteiger partial charge in [-0.25, -0.2) is 0 Å². The first-order valence-corrected chi connectivity index (χ1v) is 9.12. The zero-order valence-corrected chi connectivity index (χ0v) is 16.5. The molecule has 1 aliphatic rings. The van der Waals surface area contributed by atoms with Crippen molar-refractivity contribution >= 4 is 18.0 Å². The second kappa shape index (κ2) is 9.57. The average Bonchev–Trinajstić information content (AvgIpc) is 2.62. The van der Waals surface area contributed by atoms with Gasteiger partial charge in [-0.3, -0.25) is 9.59 Å². The Bertz CT molecular complexity index is 739. The van der Waals surface area contributed by atoms with Crippen LogP contribution in [0.15, 0.2) is 23.8 Å². The molecule has 1 heterocycles. The largest absolute Gasteiger partial charge is 0.486 e. The summed E-state index contributed by atoms with van der Waals surface area (Å²) in [4.78, 5) is 23.5. The fourth-order valence-electron chi connectivity index (χ4n) is 2.46. The predicted octanol–water partition coefficient (Wildman–Crippen LogP) is 1.40. The summed E-state index contributed by atoms with van der Waals surface area (Å²) in [7, 11) is 0. The third-order valence-corrected chi connectivity index (χ3v) is 3.75. The molecule has 1 atom stereocenters. The minimum absolute atomic E-state index is 0.00895. The molecular formula is C20H28N2O6. The number of carbonyl (C=O) groups excluding carboxylic acids is 2. The molecule has 1 unspecified atom stereocenters. The summed E-state index contributed by atoms with van der Waals surface area (Å²) < 4.78 is 21.6. The molecule has 0 aromatic heterocycles. The number of nitrogens with two attached hydrogens (primary N) is 2. The Balaban J connectivity index is 1.89. The number of amides is 1.